The molecule has 9 heavy (non-hydrogen) atoms. The van der Waals surface area contributed by atoms with Crippen molar-refractivity contribution in [3.05, 3.63) is 0 Å². The Balaban J connectivity index is -0.00000000450. The Kier molecular flexibility index (Phi) is 340. The second kappa shape index (κ2) is 45.4. The molecule has 0 atom stereocenters. The van der Waals surface area contributed by atoms with Gasteiger partial charge >= 0.3 is 17.4 Å². The molecule has 0 bridgehead atoms. The van der Waals surface area contributed by atoms with Crippen molar-refractivity contribution in [1.29, 1.82) is 0 Å². The van der Waals surface area contributed by atoms with Gasteiger partial charge in [-0.2, -0.15) is 0 Å². The molecule has 0 radical (unpaired) electrons. The number of hydrogen-bond donors (Lipinski definition) is 0. The molecule has 8 N–H and O–H groups in total. The third-order valence-corrected chi connectivity index (χ3v) is 0. The molecular weight excluding hydrogens is 172 g/mol. The van der Waals surface area contributed by atoms with Crippen molar-refractivity contribution in [1.82, 2.24) is 0 Å². The summed E-state index contributed by atoms with van der Waals surface area (Å²) in [6, 6.07) is 0. The summed E-state index contributed by atoms with van der Waals surface area (Å²) in [7, 11) is 0. The average molecular weight is 183 g/mol. The van der Waals surface area contributed by atoms with E-state index in [-0.39, 0.29) is 39.3 Å². The number of carbonyl (C=O) groups excluding carboxylic acids is 1. The minimum Gasteiger partial charge on any atom is -0.550 e. The molecule has 0 heterocycles. The molecule has 6 nitrogen and oxygen atoms in total. The van der Waals surface area contributed by atoms with Gasteiger partial charge in [0.25, 0.3) is 0 Å². The molecule has 0 aromatic carbocycles. The predicted molar refractivity (Wildman–Crippen MR) is 25.1 cm³/mol. The third kappa shape index (κ3) is 10800. The van der Waals surface area contributed by atoms with Gasteiger partial charge in [0.1, 0.15) is 0 Å². The summed E-state index contributed by atoms with van der Waals surface area (Å²) < 4.78 is 0. The number of carboxylic acids is 1. The van der Waals surface area contributed by atoms with Crippen LogP contribution in [0, 0.1) is 0 Å². The van der Waals surface area contributed by atoms with Crippen LogP contribution < -0.4 is 5.11 Å². The van der Waals surface area contributed by atoms with Crippen molar-refractivity contribution in [2.24, 2.45) is 0 Å². The monoisotopic (exact) mass is 183 g/mol. The maximum absolute atomic E-state index is 8.89. The Bertz CT molecular complexity index is 34.0. The average Bonchev–Trinajstić information content (AvgIpc) is 0.811. The minimum atomic E-state index is -1.08. The fourth-order valence-electron chi connectivity index (χ4n) is 0. The molecule has 0 fully saturated rings. The second-order valence-corrected chi connectivity index (χ2v) is 0.492. The van der Waals surface area contributed by atoms with Gasteiger partial charge in [-0.15, -0.1) is 0 Å². The van der Waals surface area contributed by atoms with Gasteiger partial charge in [0, 0.05) is 5.97 Å². The standard InChI is InChI=1S/C2H4O2.Cr.4H2O/c1-2(3)4;;;;;/h1H3,(H,3,4);;4*1H2/q;+2;;;;/p-1. The molecule has 60 valence electrons. The first-order valence-electron chi connectivity index (χ1n) is 0.908. The van der Waals surface area contributed by atoms with Crippen LogP contribution in [0.3, 0.4) is 0 Å². The van der Waals surface area contributed by atoms with Gasteiger partial charge in [-0.1, -0.05) is 0 Å². The fourth-order valence-corrected chi connectivity index (χ4v) is 0. The van der Waals surface area contributed by atoms with Gasteiger partial charge in [-0.3, -0.25) is 0 Å². The van der Waals surface area contributed by atoms with E-state index in [0.29, 0.717) is 0 Å². The Morgan fingerprint density at radius 2 is 1.11 bits per heavy atom. The molecule has 0 aromatic rings. The van der Waals surface area contributed by atoms with Crippen molar-refractivity contribution in [2.45, 2.75) is 6.92 Å². The largest absolute Gasteiger partial charge is 2.00 e. The summed E-state index contributed by atoms with van der Waals surface area (Å²) >= 11 is 0. The molecule has 0 unspecified atom stereocenters. The van der Waals surface area contributed by atoms with Crippen molar-refractivity contribution in [2.75, 3.05) is 0 Å². The van der Waals surface area contributed by atoms with Crippen LogP contribution in [0.15, 0.2) is 0 Å². The van der Waals surface area contributed by atoms with E-state index in [1.54, 1.807) is 0 Å². The summed E-state index contributed by atoms with van der Waals surface area (Å²) in [6.45, 7) is 0.972. The molecule has 0 spiro atoms. The summed E-state index contributed by atoms with van der Waals surface area (Å²) in [5.74, 6) is -1.08. The second-order valence-electron chi connectivity index (χ2n) is 0.492. The van der Waals surface area contributed by atoms with Gasteiger partial charge in [0.15, 0.2) is 0 Å². The SMILES string of the molecule is CC(=O)[O-].O.O.O.O.[Cr+2]. The normalized spacial score (nSPS) is 2.78. The molecule has 0 aliphatic carbocycles. The molecule has 0 rings (SSSR count). The Morgan fingerprint density at radius 3 is 1.11 bits per heavy atom. The summed E-state index contributed by atoms with van der Waals surface area (Å²) in [6.07, 6.45) is 0. The van der Waals surface area contributed by atoms with Crippen LogP contribution in [0.2, 0.25) is 0 Å². The maximum Gasteiger partial charge on any atom is 2.00 e. The van der Waals surface area contributed by atoms with Crippen LogP contribution in [0.25, 0.3) is 0 Å². The van der Waals surface area contributed by atoms with E-state index in [1.807, 2.05) is 0 Å². The van der Waals surface area contributed by atoms with E-state index in [2.05, 4.69) is 0 Å². The van der Waals surface area contributed by atoms with Crippen LogP contribution in [-0.2, 0) is 22.2 Å². The minimum absolute atomic E-state index is 0. The van der Waals surface area contributed by atoms with Gasteiger partial charge in [0.05, 0.1) is 0 Å². The molecule has 7 heteroatoms. The van der Waals surface area contributed by atoms with Crippen LogP contribution in [0.1, 0.15) is 6.92 Å². The van der Waals surface area contributed by atoms with Crippen molar-refractivity contribution < 1.29 is 49.2 Å². The Labute approximate surface area is 62.9 Å². The van der Waals surface area contributed by atoms with Gasteiger partial charge in [-0.05, 0) is 6.92 Å². The molecule has 0 saturated heterocycles. The van der Waals surface area contributed by atoms with E-state index in [9.17, 15) is 0 Å². The van der Waals surface area contributed by atoms with Gasteiger partial charge < -0.3 is 31.8 Å². The molecule has 0 amide bonds. The first kappa shape index (κ1) is 67.3. The smallest absolute Gasteiger partial charge is 0.550 e. The number of aliphatic carboxylic acids is 1. The van der Waals surface area contributed by atoms with Crippen molar-refractivity contribution in [3.8, 4) is 0 Å². The quantitative estimate of drug-likeness (QED) is 0.369. The zero-order valence-electron chi connectivity index (χ0n) is 4.72. The van der Waals surface area contributed by atoms with E-state index in [4.69, 9.17) is 9.90 Å². The number of rotatable bonds is 0. The van der Waals surface area contributed by atoms with Crippen LogP contribution in [0.4, 0.5) is 0 Å². The molecule has 0 aromatic heterocycles. The van der Waals surface area contributed by atoms with E-state index < -0.39 is 5.97 Å². The first-order valence-corrected chi connectivity index (χ1v) is 0.908. The van der Waals surface area contributed by atoms with Crippen molar-refractivity contribution >= 4 is 5.97 Å². The third-order valence-electron chi connectivity index (χ3n) is 0. The van der Waals surface area contributed by atoms with Crippen LogP contribution >= 0.6 is 0 Å². The number of carboxylic acid groups (broad SMARTS) is 1. The van der Waals surface area contributed by atoms with Gasteiger partial charge in [-0.25, -0.2) is 0 Å². The zero-order chi connectivity index (χ0) is 3.58. The van der Waals surface area contributed by atoms with E-state index >= 15 is 0 Å². The Morgan fingerprint density at radius 1 is 1.11 bits per heavy atom. The van der Waals surface area contributed by atoms with E-state index in [0.717, 1.165) is 6.92 Å². The predicted octanol–water partition coefficient (Wildman–Crippen LogP) is -4.55. The number of hydrogen-bond acceptors (Lipinski definition) is 2. The van der Waals surface area contributed by atoms with Crippen LogP contribution in [0.5, 0.6) is 0 Å². The topological polar surface area (TPSA) is 166 Å². The molecule has 0 aliphatic heterocycles. The maximum atomic E-state index is 8.89. The molecular formula is C2H11CrO6+. The zero-order valence-corrected chi connectivity index (χ0v) is 6.00. The number of carbonyl (C=O) groups is 1. The van der Waals surface area contributed by atoms with E-state index in [1.165, 1.54) is 0 Å². The summed E-state index contributed by atoms with van der Waals surface area (Å²) in [5.41, 5.74) is 0. The molecule has 0 aliphatic rings. The van der Waals surface area contributed by atoms with Crippen molar-refractivity contribution in [3.63, 3.8) is 0 Å². The van der Waals surface area contributed by atoms with Crippen LogP contribution in [-0.4, -0.2) is 27.9 Å². The Hall–Kier alpha value is -0.158. The molecule has 0 saturated carbocycles. The fraction of sp³-hybridized carbons (Fsp3) is 0.500. The summed E-state index contributed by atoms with van der Waals surface area (Å²) in [4.78, 5) is 8.89. The summed E-state index contributed by atoms with van der Waals surface area (Å²) in [5, 5.41) is 8.89. The first-order chi connectivity index (χ1) is 1.73. The van der Waals surface area contributed by atoms with Gasteiger partial charge in [0.2, 0.25) is 0 Å².